The maximum absolute atomic E-state index is 4.99. The third kappa shape index (κ3) is 0.786. The van der Waals surface area contributed by atoms with E-state index in [0.717, 1.165) is 10.4 Å². The molecule has 0 aliphatic rings. The zero-order chi connectivity index (χ0) is 6.97. The van der Waals surface area contributed by atoms with Gasteiger partial charge < -0.3 is 0 Å². The first-order valence-electron chi connectivity index (χ1n) is 2.89. The molecule has 0 N–H and O–H groups in total. The predicted molar refractivity (Wildman–Crippen MR) is 45.5 cm³/mol. The number of rotatable bonds is 0. The van der Waals surface area contributed by atoms with Crippen LogP contribution in [-0.2, 0) is 0 Å². The average Bonchev–Trinajstić information content (AvgIpc) is 2.34. The standard InChI is InChI=1S/C7H4NS2/c9-7-5-3-1-2-4-6(5)10-8-7/h1-4H. The summed E-state index contributed by atoms with van der Waals surface area (Å²) in [6.45, 7) is 0. The van der Waals surface area contributed by atoms with Crippen LogP contribution in [0, 0.1) is 0 Å². The third-order valence-electron chi connectivity index (χ3n) is 1.34. The molecule has 0 saturated carbocycles. The molecule has 1 heterocycles. The highest BCUT2D eigenvalue weighted by molar-refractivity contribution is 7.80. The number of hydrogen-bond donors (Lipinski definition) is 0. The zero-order valence-corrected chi connectivity index (χ0v) is 6.71. The Morgan fingerprint density at radius 1 is 1.30 bits per heavy atom. The minimum atomic E-state index is 0.723. The first kappa shape index (κ1) is 6.07. The van der Waals surface area contributed by atoms with E-state index < -0.39 is 0 Å². The lowest BCUT2D eigenvalue weighted by atomic mass is 10.3. The summed E-state index contributed by atoms with van der Waals surface area (Å²) in [4.78, 5) is 0. The second kappa shape index (κ2) is 2.18. The molecule has 0 fully saturated rings. The minimum Gasteiger partial charge on any atom is -0.180 e. The zero-order valence-electron chi connectivity index (χ0n) is 5.07. The van der Waals surface area contributed by atoms with Gasteiger partial charge >= 0.3 is 0 Å². The average molecular weight is 166 g/mol. The van der Waals surface area contributed by atoms with Gasteiger partial charge in [-0.15, -0.1) is 0 Å². The van der Waals surface area contributed by atoms with Gasteiger partial charge in [-0.05, 0) is 17.6 Å². The van der Waals surface area contributed by atoms with Gasteiger partial charge in [0.2, 0.25) is 0 Å². The Hall–Kier alpha value is -0.670. The summed E-state index contributed by atoms with van der Waals surface area (Å²) >= 11 is 6.45. The summed E-state index contributed by atoms with van der Waals surface area (Å²) in [6.07, 6.45) is 0. The van der Waals surface area contributed by atoms with Crippen molar-refractivity contribution in [3.63, 3.8) is 0 Å². The molecule has 0 aliphatic carbocycles. The van der Waals surface area contributed by atoms with Crippen molar-refractivity contribution in [1.29, 1.82) is 0 Å². The van der Waals surface area contributed by atoms with E-state index in [9.17, 15) is 0 Å². The summed E-state index contributed by atoms with van der Waals surface area (Å²) in [5, 5.41) is 1.82. The van der Waals surface area contributed by atoms with E-state index in [0.29, 0.717) is 0 Å². The quantitative estimate of drug-likeness (QED) is 0.586. The minimum absolute atomic E-state index is 0.723. The smallest absolute Gasteiger partial charge is 0.147 e. The Bertz CT molecular complexity index is 353. The molecule has 49 valence electrons. The molecule has 2 aromatic rings. The van der Waals surface area contributed by atoms with Crippen LogP contribution in [0.5, 0.6) is 0 Å². The lowest BCUT2D eigenvalue weighted by Gasteiger charge is -1.83. The summed E-state index contributed by atoms with van der Waals surface area (Å²) in [5.74, 6) is 0. The molecule has 0 unspecified atom stereocenters. The van der Waals surface area contributed by atoms with Crippen LogP contribution in [0.4, 0.5) is 0 Å². The normalized spacial score (nSPS) is 10.4. The number of fused-ring (bicyclic) bond motifs is 1. The first-order chi connectivity index (χ1) is 4.88. The molecule has 1 aromatic carbocycles. The van der Waals surface area contributed by atoms with Crippen molar-refractivity contribution in [1.82, 2.24) is 4.37 Å². The molecular formula is C7H4NS2. The van der Waals surface area contributed by atoms with Crippen molar-refractivity contribution >= 4 is 34.2 Å². The van der Waals surface area contributed by atoms with Crippen LogP contribution >= 0.6 is 24.2 Å². The molecular weight excluding hydrogens is 162 g/mol. The lowest BCUT2D eigenvalue weighted by Crippen LogP contribution is -1.61. The molecule has 2 rings (SSSR count). The highest BCUT2D eigenvalue weighted by atomic mass is 32.1. The summed E-state index contributed by atoms with van der Waals surface area (Å²) in [7, 11) is 0. The SMILES string of the molecule is [S]c1nsc2ccccc12. The molecule has 0 atom stereocenters. The van der Waals surface area contributed by atoms with Gasteiger partial charge in [-0.1, -0.05) is 30.8 Å². The molecule has 1 radical (unpaired) electrons. The van der Waals surface area contributed by atoms with E-state index in [-0.39, 0.29) is 0 Å². The Kier molecular flexibility index (Phi) is 1.32. The van der Waals surface area contributed by atoms with Crippen molar-refractivity contribution in [2.75, 3.05) is 0 Å². The Balaban J connectivity index is 2.93. The van der Waals surface area contributed by atoms with Gasteiger partial charge in [-0.2, -0.15) is 4.37 Å². The van der Waals surface area contributed by atoms with Crippen LogP contribution in [0.25, 0.3) is 10.1 Å². The summed E-state index contributed by atoms with van der Waals surface area (Å²) in [6, 6.07) is 8.01. The maximum atomic E-state index is 4.99. The van der Waals surface area contributed by atoms with Crippen LogP contribution < -0.4 is 0 Å². The lowest BCUT2D eigenvalue weighted by molar-refractivity contribution is 1.34. The second-order valence-electron chi connectivity index (χ2n) is 1.98. The molecule has 0 bridgehead atoms. The molecule has 1 nitrogen and oxygen atoms in total. The number of nitrogens with zero attached hydrogens (tertiary/aromatic N) is 1. The fourth-order valence-electron chi connectivity index (χ4n) is 0.863. The highest BCUT2D eigenvalue weighted by Gasteiger charge is 1.99. The van der Waals surface area contributed by atoms with Crippen LogP contribution in [0.15, 0.2) is 29.3 Å². The van der Waals surface area contributed by atoms with Crippen molar-refractivity contribution in [3.05, 3.63) is 24.3 Å². The fraction of sp³-hybridized carbons (Fsp3) is 0. The Labute approximate surface area is 68.3 Å². The molecule has 0 spiro atoms. The molecule has 0 amide bonds. The Morgan fingerprint density at radius 3 is 2.90 bits per heavy atom. The van der Waals surface area contributed by atoms with Crippen molar-refractivity contribution < 1.29 is 0 Å². The van der Waals surface area contributed by atoms with Crippen molar-refractivity contribution in [2.45, 2.75) is 5.03 Å². The van der Waals surface area contributed by atoms with E-state index in [1.165, 1.54) is 16.2 Å². The van der Waals surface area contributed by atoms with E-state index in [2.05, 4.69) is 4.37 Å². The van der Waals surface area contributed by atoms with Gasteiger partial charge in [0.1, 0.15) is 5.03 Å². The van der Waals surface area contributed by atoms with Gasteiger partial charge in [-0.25, -0.2) is 0 Å². The molecule has 0 aliphatic heterocycles. The third-order valence-corrected chi connectivity index (χ3v) is 2.60. The molecule has 1 aromatic heterocycles. The van der Waals surface area contributed by atoms with Gasteiger partial charge in [0, 0.05) is 5.39 Å². The second-order valence-corrected chi connectivity index (χ2v) is 3.18. The predicted octanol–water partition coefficient (Wildman–Crippen LogP) is 2.85. The van der Waals surface area contributed by atoms with Crippen LogP contribution in [-0.4, -0.2) is 4.37 Å². The maximum Gasteiger partial charge on any atom is 0.147 e. The highest BCUT2D eigenvalue weighted by Crippen LogP contribution is 2.23. The molecule has 3 heteroatoms. The fourth-order valence-corrected chi connectivity index (χ4v) is 1.90. The van der Waals surface area contributed by atoms with Gasteiger partial charge in [0.15, 0.2) is 0 Å². The molecule has 10 heavy (non-hydrogen) atoms. The van der Waals surface area contributed by atoms with Crippen molar-refractivity contribution in [2.24, 2.45) is 0 Å². The van der Waals surface area contributed by atoms with Gasteiger partial charge in [0.25, 0.3) is 0 Å². The molecule has 0 saturated heterocycles. The first-order valence-corrected chi connectivity index (χ1v) is 4.07. The summed E-state index contributed by atoms with van der Waals surface area (Å²) < 4.78 is 5.23. The summed E-state index contributed by atoms with van der Waals surface area (Å²) in [5.41, 5.74) is 0. The number of aromatic nitrogens is 1. The topological polar surface area (TPSA) is 12.9 Å². The van der Waals surface area contributed by atoms with Crippen molar-refractivity contribution in [3.8, 4) is 0 Å². The van der Waals surface area contributed by atoms with E-state index >= 15 is 0 Å². The van der Waals surface area contributed by atoms with Crippen LogP contribution in [0.1, 0.15) is 0 Å². The number of hydrogen-bond acceptors (Lipinski definition) is 2. The van der Waals surface area contributed by atoms with Gasteiger partial charge in [-0.3, -0.25) is 0 Å². The van der Waals surface area contributed by atoms with E-state index in [1.54, 1.807) is 0 Å². The largest absolute Gasteiger partial charge is 0.180 e. The van der Waals surface area contributed by atoms with E-state index in [1.807, 2.05) is 24.3 Å². The number of benzene rings is 1. The van der Waals surface area contributed by atoms with Crippen LogP contribution in [0.3, 0.4) is 0 Å². The monoisotopic (exact) mass is 166 g/mol. The Morgan fingerprint density at radius 2 is 2.10 bits per heavy atom. The van der Waals surface area contributed by atoms with Crippen LogP contribution in [0.2, 0.25) is 0 Å². The van der Waals surface area contributed by atoms with Gasteiger partial charge in [0.05, 0.1) is 4.70 Å². The van der Waals surface area contributed by atoms with E-state index in [4.69, 9.17) is 12.6 Å².